The molecule has 0 spiro atoms. The minimum Gasteiger partial charge on any atom is -0.352 e. The highest BCUT2D eigenvalue weighted by Crippen LogP contribution is 2.48. The molecule has 7 heteroatoms. The number of nitrogens with one attached hydrogen (secondary N) is 1. The van der Waals surface area contributed by atoms with Gasteiger partial charge in [-0.25, -0.2) is 4.79 Å². The van der Waals surface area contributed by atoms with E-state index in [-0.39, 0.29) is 23.1 Å². The predicted molar refractivity (Wildman–Crippen MR) is 75.9 cm³/mol. The lowest BCUT2D eigenvalue weighted by Gasteiger charge is -2.18. The van der Waals surface area contributed by atoms with Gasteiger partial charge in [-0.2, -0.15) is 0 Å². The van der Waals surface area contributed by atoms with Crippen molar-refractivity contribution in [3.05, 3.63) is 35.4 Å². The van der Waals surface area contributed by atoms with Crippen LogP contribution in [0, 0.1) is 5.41 Å². The molecule has 1 N–H and O–H groups in total. The average Bonchev–Trinajstić information content (AvgIpc) is 3.44. The van der Waals surface area contributed by atoms with E-state index in [1.54, 1.807) is 12.1 Å². The third-order valence-electron chi connectivity index (χ3n) is 4.42. The van der Waals surface area contributed by atoms with Crippen molar-refractivity contribution in [3.63, 3.8) is 0 Å². The minimum absolute atomic E-state index is 0.132. The van der Waals surface area contributed by atoms with E-state index in [9.17, 15) is 19.2 Å². The van der Waals surface area contributed by atoms with E-state index in [0.717, 1.165) is 12.8 Å². The van der Waals surface area contributed by atoms with Crippen molar-refractivity contribution in [2.24, 2.45) is 5.41 Å². The quantitative estimate of drug-likeness (QED) is 0.655. The largest absolute Gasteiger partial charge is 0.352 e. The van der Waals surface area contributed by atoms with E-state index in [1.807, 2.05) is 0 Å². The van der Waals surface area contributed by atoms with Crippen LogP contribution in [-0.4, -0.2) is 34.8 Å². The monoisotopic (exact) mass is 314 g/mol. The molecule has 2 aliphatic carbocycles. The van der Waals surface area contributed by atoms with Crippen LogP contribution in [0.2, 0.25) is 0 Å². The van der Waals surface area contributed by atoms with Gasteiger partial charge in [0.05, 0.1) is 11.1 Å². The van der Waals surface area contributed by atoms with Crippen LogP contribution in [0.4, 0.5) is 0 Å². The summed E-state index contributed by atoms with van der Waals surface area (Å²) in [5.74, 6) is -2.58. The zero-order valence-electron chi connectivity index (χ0n) is 12.2. The summed E-state index contributed by atoms with van der Waals surface area (Å²) in [7, 11) is 0. The molecule has 0 aromatic heterocycles. The van der Waals surface area contributed by atoms with Crippen molar-refractivity contribution in [2.45, 2.75) is 31.7 Å². The molecule has 118 valence electrons. The van der Waals surface area contributed by atoms with Crippen LogP contribution in [0.25, 0.3) is 0 Å². The second-order valence-corrected chi connectivity index (χ2v) is 6.16. The van der Waals surface area contributed by atoms with Gasteiger partial charge in [-0.1, -0.05) is 17.2 Å². The molecule has 0 bridgehead atoms. The zero-order valence-corrected chi connectivity index (χ0v) is 12.2. The number of imide groups is 1. The van der Waals surface area contributed by atoms with E-state index in [2.05, 4.69) is 5.32 Å². The Kier molecular flexibility index (Phi) is 2.81. The lowest BCUT2D eigenvalue weighted by atomic mass is 10.1. The average molecular weight is 314 g/mol. The van der Waals surface area contributed by atoms with Crippen LogP contribution >= 0.6 is 0 Å². The molecule has 1 aromatic carbocycles. The minimum atomic E-state index is -1.25. The van der Waals surface area contributed by atoms with Crippen molar-refractivity contribution in [1.29, 1.82) is 0 Å². The fourth-order valence-electron chi connectivity index (χ4n) is 2.62. The van der Waals surface area contributed by atoms with E-state index < -0.39 is 23.2 Å². The van der Waals surface area contributed by atoms with Gasteiger partial charge in [0.25, 0.3) is 11.8 Å². The second-order valence-electron chi connectivity index (χ2n) is 6.16. The van der Waals surface area contributed by atoms with Crippen molar-refractivity contribution < 1.29 is 24.0 Å². The van der Waals surface area contributed by atoms with E-state index >= 15 is 0 Å². The number of nitrogens with zero attached hydrogens (tertiary/aromatic N) is 1. The van der Waals surface area contributed by atoms with Crippen LogP contribution in [0.5, 0.6) is 0 Å². The number of amides is 3. The maximum absolute atomic E-state index is 12.3. The van der Waals surface area contributed by atoms with E-state index in [1.165, 1.54) is 12.1 Å². The molecule has 0 atom stereocenters. The molecule has 1 aliphatic heterocycles. The van der Waals surface area contributed by atoms with Crippen LogP contribution in [-0.2, 0) is 14.4 Å². The van der Waals surface area contributed by atoms with Crippen LogP contribution in [0.3, 0.4) is 0 Å². The SMILES string of the molecule is O=C1c2ccccc2C(=O)N1OC(=O)C1(C(=O)NC2CC2)CC1. The second kappa shape index (κ2) is 4.65. The Morgan fingerprint density at radius 2 is 1.65 bits per heavy atom. The first-order valence-electron chi connectivity index (χ1n) is 7.54. The summed E-state index contributed by atoms with van der Waals surface area (Å²) in [5.41, 5.74) is -0.868. The van der Waals surface area contributed by atoms with Gasteiger partial charge in [-0.3, -0.25) is 14.4 Å². The third kappa shape index (κ3) is 2.11. The number of rotatable bonds is 4. The highest BCUT2D eigenvalue weighted by Gasteiger charge is 2.60. The lowest BCUT2D eigenvalue weighted by molar-refractivity contribution is -0.177. The van der Waals surface area contributed by atoms with Gasteiger partial charge in [0.15, 0.2) is 0 Å². The molecule has 7 nitrogen and oxygen atoms in total. The number of hydroxylamine groups is 2. The first-order valence-corrected chi connectivity index (χ1v) is 7.54. The number of carbonyl (C=O) groups excluding carboxylic acids is 4. The molecule has 23 heavy (non-hydrogen) atoms. The summed E-state index contributed by atoms with van der Waals surface area (Å²) in [6.45, 7) is 0. The normalized spacial score (nSPS) is 21.0. The van der Waals surface area contributed by atoms with Gasteiger partial charge in [0.2, 0.25) is 5.91 Å². The van der Waals surface area contributed by atoms with Crippen molar-refractivity contribution >= 4 is 23.7 Å². The molecule has 3 amide bonds. The third-order valence-corrected chi connectivity index (χ3v) is 4.42. The fourth-order valence-corrected chi connectivity index (χ4v) is 2.62. The number of benzene rings is 1. The van der Waals surface area contributed by atoms with E-state index in [0.29, 0.717) is 17.9 Å². The maximum Gasteiger partial charge on any atom is 0.348 e. The topological polar surface area (TPSA) is 92.8 Å². The smallest absolute Gasteiger partial charge is 0.348 e. The highest BCUT2D eigenvalue weighted by atomic mass is 16.7. The van der Waals surface area contributed by atoms with E-state index in [4.69, 9.17) is 4.84 Å². The standard InChI is InChI=1S/C16H14N2O5/c19-12-10-3-1-2-4-11(10)13(20)18(12)23-15(22)16(7-8-16)14(21)17-9-5-6-9/h1-4,9H,5-8H2,(H,17,21). The molecule has 0 radical (unpaired) electrons. The van der Waals surface area contributed by atoms with Gasteiger partial charge in [0.1, 0.15) is 5.41 Å². The fraction of sp³-hybridized carbons (Fsp3) is 0.375. The maximum atomic E-state index is 12.3. The zero-order chi connectivity index (χ0) is 16.2. The Hall–Kier alpha value is -2.70. The predicted octanol–water partition coefficient (Wildman–Crippen LogP) is 0.800. The van der Waals surface area contributed by atoms with Gasteiger partial charge >= 0.3 is 5.97 Å². The van der Waals surface area contributed by atoms with Crippen LogP contribution < -0.4 is 5.32 Å². The molecule has 1 heterocycles. The van der Waals surface area contributed by atoms with Crippen molar-refractivity contribution in [1.82, 2.24) is 10.4 Å². The molecule has 2 fully saturated rings. The molecular formula is C16H14N2O5. The van der Waals surface area contributed by atoms with Gasteiger partial charge in [-0.15, -0.1) is 0 Å². The van der Waals surface area contributed by atoms with Crippen molar-refractivity contribution in [3.8, 4) is 0 Å². The first kappa shape index (κ1) is 13.9. The molecule has 4 rings (SSSR count). The number of hydrogen-bond donors (Lipinski definition) is 1. The Labute approximate surface area is 131 Å². The van der Waals surface area contributed by atoms with Gasteiger partial charge in [-0.05, 0) is 37.8 Å². The first-order chi connectivity index (χ1) is 11.0. The molecule has 2 saturated carbocycles. The Bertz CT molecular complexity index is 714. The molecule has 0 saturated heterocycles. The summed E-state index contributed by atoms with van der Waals surface area (Å²) in [6, 6.07) is 6.38. The summed E-state index contributed by atoms with van der Waals surface area (Å²) >= 11 is 0. The van der Waals surface area contributed by atoms with Gasteiger partial charge < -0.3 is 10.2 Å². The van der Waals surface area contributed by atoms with Crippen LogP contribution in [0.15, 0.2) is 24.3 Å². The molecule has 1 aromatic rings. The number of fused-ring (bicyclic) bond motifs is 1. The molecule has 3 aliphatic rings. The number of carbonyl (C=O) groups is 4. The summed E-state index contributed by atoms with van der Waals surface area (Å²) in [6.07, 6.45) is 2.56. The Morgan fingerprint density at radius 3 is 2.13 bits per heavy atom. The summed E-state index contributed by atoms with van der Waals surface area (Å²) < 4.78 is 0. The highest BCUT2D eigenvalue weighted by molar-refractivity contribution is 6.21. The molecule has 0 unspecified atom stereocenters. The number of hydrogen-bond acceptors (Lipinski definition) is 5. The van der Waals surface area contributed by atoms with Crippen molar-refractivity contribution in [2.75, 3.05) is 0 Å². The Balaban J connectivity index is 1.50. The Morgan fingerprint density at radius 1 is 1.09 bits per heavy atom. The summed E-state index contributed by atoms with van der Waals surface area (Å²) in [4.78, 5) is 53.9. The summed E-state index contributed by atoms with van der Waals surface area (Å²) in [5, 5.41) is 3.23. The van der Waals surface area contributed by atoms with Crippen LogP contribution in [0.1, 0.15) is 46.4 Å². The van der Waals surface area contributed by atoms with Gasteiger partial charge in [0, 0.05) is 6.04 Å². The molecular weight excluding hydrogens is 300 g/mol. The lowest BCUT2D eigenvalue weighted by Crippen LogP contribution is -2.43.